The second-order valence-corrected chi connectivity index (χ2v) is 5.93. The molecule has 5 atom stereocenters. The Morgan fingerprint density at radius 1 is 0.944 bits per heavy atom. The molecule has 3 rings (SSSR count). The van der Waals surface area contributed by atoms with Gasteiger partial charge < -0.3 is 28.8 Å². The number of fused-ring (bicyclic) bond motifs is 1. The van der Waals surface area contributed by atoms with Gasteiger partial charge in [-0.05, 0) is 27.7 Å². The zero-order chi connectivity index (χ0) is 13.1. The molecule has 104 valence electrons. The van der Waals surface area contributed by atoms with Crippen molar-refractivity contribution in [2.24, 2.45) is 0 Å². The molecule has 3 aliphatic heterocycles. The van der Waals surface area contributed by atoms with Gasteiger partial charge in [-0.2, -0.15) is 0 Å². The van der Waals surface area contributed by atoms with E-state index in [2.05, 4.69) is 0 Å². The van der Waals surface area contributed by atoms with Crippen LogP contribution in [0.1, 0.15) is 27.7 Å². The summed E-state index contributed by atoms with van der Waals surface area (Å²) in [6.07, 6.45) is -2.53. The first-order valence-corrected chi connectivity index (χ1v) is 6.28. The number of rotatable bonds is 1. The summed E-state index contributed by atoms with van der Waals surface area (Å²) in [5.74, 6) is -1.35. The predicted molar refractivity (Wildman–Crippen MR) is 59.6 cm³/mol. The van der Waals surface area contributed by atoms with Gasteiger partial charge in [0.1, 0.15) is 24.4 Å². The number of aliphatic hydroxyl groups excluding tert-OH is 1. The van der Waals surface area contributed by atoms with Gasteiger partial charge in [0.2, 0.25) is 0 Å². The molecule has 0 saturated carbocycles. The molecule has 6 nitrogen and oxygen atoms in total. The standard InChI is InChI=1S/C12H20O6/c1-11(2)14-5-6(16-11)8-7(13)9-10(15-8)18-12(3,4)17-9/h6-10,13H,5H2,1-4H3/t6?,7-,8?,9-,10?/m1/s1. The van der Waals surface area contributed by atoms with Crippen LogP contribution in [0.3, 0.4) is 0 Å². The Labute approximate surface area is 106 Å². The summed E-state index contributed by atoms with van der Waals surface area (Å²) in [4.78, 5) is 0. The van der Waals surface area contributed by atoms with Crippen molar-refractivity contribution in [3.63, 3.8) is 0 Å². The fraction of sp³-hybridized carbons (Fsp3) is 1.00. The van der Waals surface area contributed by atoms with Gasteiger partial charge in [-0.25, -0.2) is 0 Å². The van der Waals surface area contributed by atoms with Gasteiger partial charge in [0.25, 0.3) is 0 Å². The average Bonchev–Trinajstić information content (AvgIpc) is 2.81. The molecule has 6 heteroatoms. The second kappa shape index (κ2) is 3.88. The summed E-state index contributed by atoms with van der Waals surface area (Å²) < 4.78 is 28.1. The van der Waals surface area contributed by atoms with Crippen LogP contribution in [0.25, 0.3) is 0 Å². The van der Waals surface area contributed by atoms with E-state index in [1.54, 1.807) is 13.8 Å². The largest absolute Gasteiger partial charge is 0.387 e. The molecule has 3 heterocycles. The van der Waals surface area contributed by atoms with Crippen molar-refractivity contribution < 1.29 is 28.8 Å². The zero-order valence-electron chi connectivity index (χ0n) is 11.1. The average molecular weight is 260 g/mol. The van der Waals surface area contributed by atoms with E-state index in [-0.39, 0.29) is 6.10 Å². The van der Waals surface area contributed by atoms with E-state index in [9.17, 15) is 5.11 Å². The Kier molecular flexibility index (Phi) is 2.75. The topological polar surface area (TPSA) is 66.4 Å². The summed E-state index contributed by atoms with van der Waals surface area (Å²) in [7, 11) is 0. The van der Waals surface area contributed by atoms with Crippen molar-refractivity contribution in [2.75, 3.05) is 6.61 Å². The van der Waals surface area contributed by atoms with Gasteiger partial charge in [-0.1, -0.05) is 0 Å². The fourth-order valence-corrected chi connectivity index (χ4v) is 2.70. The molecule has 18 heavy (non-hydrogen) atoms. The number of hydrogen-bond acceptors (Lipinski definition) is 6. The third kappa shape index (κ3) is 2.07. The minimum Gasteiger partial charge on any atom is -0.387 e. The molecule has 0 radical (unpaired) electrons. The summed E-state index contributed by atoms with van der Waals surface area (Å²) in [5, 5.41) is 10.3. The monoisotopic (exact) mass is 260 g/mol. The molecule has 0 amide bonds. The number of hydrogen-bond donors (Lipinski definition) is 1. The second-order valence-electron chi connectivity index (χ2n) is 5.93. The van der Waals surface area contributed by atoms with Crippen LogP contribution in [0.2, 0.25) is 0 Å². The quantitative estimate of drug-likeness (QED) is 0.735. The number of ether oxygens (including phenoxy) is 5. The molecule has 0 aliphatic carbocycles. The van der Waals surface area contributed by atoms with Crippen molar-refractivity contribution in [3.05, 3.63) is 0 Å². The van der Waals surface area contributed by atoms with Gasteiger partial charge in [0.05, 0.1) is 6.61 Å². The lowest BCUT2D eigenvalue weighted by molar-refractivity contribution is -0.232. The maximum atomic E-state index is 10.3. The molecular weight excluding hydrogens is 240 g/mol. The van der Waals surface area contributed by atoms with Gasteiger partial charge in [0.15, 0.2) is 17.9 Å². The maximum absolute atomic E-state index is 10.3. The molecule has 0 aromatic carbocycles. The Hall–Kier alpha value is -0.240. The van der Waals surface area contributed by atoms with E-state index in [4.69, 9.17) is 23.7 Å². The van der Waals surface area contributed by atoms with Crippen molar-refractivity contribution in [2.45, 2.75) is 70.0 Å². The van der Waals surface area contributed by atoms with E-state index in [1.807, 2.05) is 13.8 Å². The summed E-state index contributed by atoms with van der Waals surface area (Å²) in [6.45, 7) is 7.68. The third-order valence-corrected chi connectivity index (χ3v) is 3.45. The van der Waals surface area contributed by atoms with Crippen LogP contribution in [0.15, 0.2) is 0 Å². The zero-order valence-corrected chi connectivity index (χ0v) is 11.1. The van der Waals surface area contributed by atoms with Crippen LogP contribution in [-0.4, -0.2) is 54.0 Å². The minimum atomic E-state index is -0.765. The normalized spacial score (nSPS) is 49.5. The SMILES string of the molecule is CC1(C)OCC(C2OC3OC(C)(C)O[C@@H]3[C@@H]2O)O1. The van der Waals surface area contributed by atoms with Crippen LogP contribution >= 0.6 is 0 Å². The predicted octanol–water partition coefficient (Wildman–Crippen LogP) is 0.375. The first-order valence-electron chi connectivity index (χ1n) is 6.28. The Balaban J connectivity index is 1.68. The maximum Gasteiger partial charge on any atom is 0.190 e. The Bertz CT molecular complexity index is 341. The lowest BCUT2D eigenvalue weighted by atomic mass is 10.1. The highest BCUT2D eigenvalue weighted by Gasteiger charge is 2.57. The van der Waals surface area contributed by atoms with Gasteiger partial charge in [-0.3, -0.25) is 0 Å². The molecule has 3 aliphatic rings. The van der Waals surface area contributed by atoms with Crippen molar-refractivity contribution >= 4 is 0 Å². The van der Waals surface area contributed by atoms with E-state index in [0.29, 0.717) is 6.61 Å². The van der Waals surface area contributed by atoms with Crippen LogP contribution in [0, 0.1) is 0 Å². The minimum absolute atomic E-state index is 0.295. The highest BCUT2D eigenvalue weighted by atomic mass is 16.8. The van der Waals surface area contributed by atoms with Crippen LogP contribution in [0.5, 0.6) is 0 Å². The van der Waals surface area contributed by atoms with E-state index in [0.717, 1.165) is 0 Å². The Morgan fingerprint density at radius 3 is 2.22 bits per heavy atom. The molecule has 0 aromatic rings. The van der Waals surface area contributed by atoms with Crippen molar-refractivity contribution in [3.8, 4) is 0 Å². The number of aliphatic hydroxyl groups is 1. The summed E-state index contributed by atoms with van der Waals surface area (Å²) in [5.41, 5.74) is 0. The molecule has 3 fully saturated rings. The van der Waals surface area contributed by atoms with Crippen molar-refractivity contribution in [1.29, 1.82) is 0 Å². The van der Waals surface area contributed by atoms with Crippen LogP contribution in [0.4, 0.5) is 0 Å². The smallest absolute Gasteiger partial charge is 0.190 e. The van der Waals surface area contributed by atoms with E-state index >= 15 is 0 Å². The molecule has 1 N–H and O–H groups in total. The summed E-state index contributed by atoms with van der Waals surface area (Å²) in [6, 6.07) is 0. The Morgan fingerprint density at radius 2 is 1.67 bits per heavy atom. The molecule has 3 saturated heterocycles. The molecule has 0 bridgehead atoms. The molecule has 0 spiro atoms. The van der Waals surface area contributed by atoms with Gasteiger partial charge in [-0.15, -0.1) is 0 Å². The highest BCUT2D eigenvalue weighted by molar-refractivity contribution is 4.97. The molecule has 3 unspecified atom stereocenters. The molecular formula is C12H20O6. The van der Waals surface area contributed by atoms with E-state index in [1.165, 1.54) is 0 Å². The van der Waals surface area contributed by atoms with Crippen LogP contribution in [-0.2, 0) is 23.7 Å². The van der Waals surface area contributed by atoms with Gasteiger partial charge >= 0.3 is 0 Å². The highest BCUT2D eigenvalue weighted by Crippen LogP contribution is 2.40. The lowest BCUT2D eigenvalue weighted by Crippen LogP contribution is -2.42. The first-order chi connectivity index (χ1) is 8.27. The van der Waals surface area contributed by atoms with E-state index < -0.39 is 36.2 Å². The summed E-state index contributed by atoms with van der Waals surface area (Å²) >= 11 is 0. The first kappa shape index (κ1) is 12.8. The van der Waals surface area contributed by atoms with Crippen molar-refractivity contribution in [1.82, 2.24) is 0 Å². The third-order valence-electron chi connectivity index (χ3n) is 3.45. The fourth-order valence-electron chi connectivity index (χ4n) is 2.70. The van der Waals surface area contributed by atoms with Crippen LogP contribution < -0.4 is 0 Å². The lowest BCUT2D eigenvalue weighted by Gasteiger charge is -2.26. The molecule has 0 aromatic heterocycles. The van der Waals surface area contributed by atoms with Gasteiger partial charge in [0, 0.05) is 0 Å².